The lowest BCUT2D eigenvalue weighted by molar-refractivity contribution is 0.0948. The molecule has 0 saturated heterocycles. The average molecular weight is 380 g/mol. The van der Waals surface area contributed by atoms with Crippen molar-refractivity contribution >= 4 is 17.5 Å². The number of hydrogen-bond donors (Lipinski definition) is 2. The van der Waals surface area contributed by atoms with E-state index in [4.69, 9.17) is 13.9 Å². The van der Waals surface area contributed by atoms with E-state index in [1.54, 1.807) is 61.9 Å². The van der Waals surface area contributed by atoms with Gasteiger partial charge in [-0.3, -0.25) is 9.59 Å². The maximum atomic E-state index is 12.6. The molecule has 1 aromatic heterocycles. The Hall–Kier alpha value is -3.74. The fourth-order valence-corrected chi connectivity index (χ4v) is 2.58. The number of carbonyl (C=O) groups excluding carboxylic acids is 2. The zero-order valence-electron chi connectivity index (χ0n) is 15.5. The Morgan fingerprint density at radius 1 is 0.929 bits per heavy atom. The van der Waals surface area contributed by atoms with Gasteiger partial charge in [-0.15, -0.1) is 0 Å². The smallest absolute Gasteiger partial charge is 0.255 e. The molecule has 0 aliphatic carbocycles. The highest BCUT2D eigenvalue weighted by Crippen LogP contribution is 2.29. The van der Waals surface area contributed by atoms with Gasteiger partial charge in [0.15, 0.2) is 0 Å². The van der Waals surface area contributed by atoms with Crippen LogP contribution in [0.5, 0.6) is 11.5 Å². The highest BCUT2D eigenvalue weighted by atomic mass is 16.5. The van der Waals surface area contributed by atoms with Crippen molar-refractivity contribution in [3.05, 3.63) is 77.7 Å². The summed E-state index contributed by atoms with van der Waals surface area (Å²) in [5.41, 5.74) is 1.23. The summed E-state index contributed by atoms with van der Waals surface area (Å²) in [4.78, 5) is 24.9. The molecule has 2 N–H and O–H groups in total. The van der Waals surface area contributed by atoms with Gasteiger partial charge in [-0.1, -0.05) is 6.07 Å². The quantitative estimate of drug-likeness (QED) is 0.655. The summed E-state index contributed by atoms with van der Waals surface area (Å²) >= 11 is 0. The molecule has 7 heteroatoms. The lowest BCUT2D eigenvalue weighted by Crippen LogP contribution is -2.23. The van der Waals surface area contributed by atoms with Crippen molar-refractivity contribution in [3.8, 4) is 11.5 Å². The number of hydrogen-bond acceptors (Lipinski definition) is 5. The molecule has 0 spiro atoms. The third-order valence-electron chi connectivity index (χ3n) is 4.05. The molecule has 0 aliphatic rings. The van der Waals surface area contributed by atoms with Crippen LogP contribution in [0.25, 0.3) is 0 Å². The minimum Gasteiger partial charge on any atom is -0.497 e. The van der Waals surface area contributed by atoms with Crippen LogP contribution in [0.1, 0.15) is 26.5 Å². The number of nitrogens with one attached hydrogen (secondary N) is 2. The lowest BCUT2D eigenvalue weighted by Gasteiger charge is -2.12. The molecule has 1 heterocycles. The van der Waals surface area contributed by atoms with Crippen molar-refractivity contribution < 1.29 is 23.5 Å². The van der Waals surface area contributed by atoms with Crippen LogP contribution >= 0.6 is 0 Å². The number of amides is 2. The van der Waals surface area contributed by atoms with E-state index in [0.29, 0.717) is 34.1 Å². The summed E-state index contributed by atoms with van der Waals surface area (Å²) in [7, 11) is 3.06. The molecule has 3 aromatic rings. The summed E-state index contributed by atoms with van der Waals surface area (Å²) in [6, 6.07) is 15.1. The van der Waals surface area contributed by atoms with Crippen molar-refractivity contribution in [2.75, 3.05) is 19.5 Å². The van der Waals surface area contributed by atoms with Gasteiger partial charge < -0.3 is 24.5 Å². The van der Waals surface area contributed by atoms with Crippen molar-refractivity contribution in [1.29, 1.82) is 0 Å². The van der Waals surface area contributed by atoms with Gasteiger partial charge in [0, 0.05) is 17.2 Å². The Morgan fingerprint density at radius 2 is 1.71 bits per heavy atom. The maximum Gasteiger partial charge on any atom is 0.255 e. The monoisotopic (exact) mass is 380 g/mol. The van der Waals surface area contributed by atoms with Crippen LogP contribution in [0.3, 0.4) is 0 Å². The third-order valence-corrected chi connectivity index (χ3v) is 4.05. The number of rotatable bonds is 7. The molecule has 0 aliphatic heterocycles. The van der Waals surface area contributed by atoms with Gasteiger partial charge >= 0.3 is 0 Å². The summed E-state index contributed by atoms with van der Waals surface area (Å²) in [6.45, 7) is 0.269. The van der Waals surface area contributed by atoms with E-state index >= 15 is 0 Å². The Labute approximate surface area is 162 Å². The Balaban J connectivity index is 1.71. The normalized spacial score (nSPS) is 10.2. The molecular formula is C21H20N2O5. The standard InChI is InChI=1S/C21H20N2O5/c1-26-16-8-9-18(19(12-16)27-2)23-21(25)15-6-3-5-14(11-15)20(24)22-13-17-7-4-10-28-17/h3-12H,13H2,1-2H3,(H,22,24)(H,23,25). The van der Waals surface area contributed by atoms with Crippen LogP contribution in [0.4, 0.5) is 5.69 Å². The lowest BCUT2D eigenvalue weighted by atomic mass is 10.1. The summed E-state index contributed by atoms with van der Waals surface area (Å²) in [6.07, 6.45) is 1.54. The molecule has 3 rings (SSSR count). The Kier molecular flexibility index (Phi) is 5.96. The molecule has 7 nitrogen and oxygen atoms in total. The summed E-state index contributed by atoms with van der Waals surface area (Å²) in [5.74, 6) is 1.08. The summed E-state index contributed by atoms with van der Waals surface area (Å²) in [5, 5.41) is 5.53. The van der Waals surface area contributed by atoms with Crippen LogP contribution in [-0.2, 0) is 6.54 Å². The second-order valence-corrected chi connectivity index (χ2v) is 5.86. The Morgan fingerprint density at radius 3 is 2.39 bits per heavy atom. The highest BCUT2D eigenvalue weighted by molar-refractivity contribution is 6.06. The van der Waals surface area contributed by atoms with Gasteiger partial charge in [-0.05, 0) is 42.5 Å². The van der Waals surface area contributed by atoms with Gasteiger partial charge in [-0.2, -0.15) is 0 Å². The number of anilines is 1. The minimum absolute atomic E-state index is 0.269. The Bertz CT molecular complexity index is 967. The zero-order valence-corrected chi connectivity index (χ0v) is 15.5. The average Bonchev–Trinajstić information content (AvgIpc) is 3.26. The van der Waals surface area contributed by atoms with E-state index in [9.17, 15) is 9.59 Å². The number of carbonyl (C=O) groups is 2. The largest absolute Gasteiger partial charge is 0.497 e. The van der Waals surface area contributed by atoms with E-state index in [2.05, 4.69) is 10.6 Å². The van der Waals surface area contributed by atoms with E-state index < -0.39 is 0 Å². The molecule has 2 aromatic carbocycles. The molecular weight excluding hydrogens is 360 g/mol. The van der Waals surface area contributed by atoms with Gasteiger partial charge in [0.2, 0.25) is 0 Å². The fraction of sp³-hybridized carbons (Fsp3) is 0.143. The minimum atomic E-state index is -0.357. The van der Waals surface area contributed by atoms with Crippen molar-refractivity contribution in [2.45, 2.75) is 6.54 Å². The second kappa shape index (κ2) is 8.77. The third kappa shape index (κ3) is 4.50. The van der Waals surface area contributed by atoms with E-state index in [1.165, 1.54) is 13.2 Å². The van der Waals surface area contributed by atoms with Crippen molar-refractivity contribution in [2.24, 2.45) is 0 Å². The van der Waals surface area contributed by atoms with E-state index in [0.717, 1.165) is 0 Å². The van der Waals surface area contributed by atoms with Crippen LogP contribution in [0, 0.1) is 0 Å². The second-order valence-electron chi connectivity index (χ2n) is 5.86. The van der Waals surface area contributed by atoms with E-state index in [-0.39, 0.29) is 18.4 Å². The molecule has 0 bridgehead atoms. The predicted molar refractivity (Wildman–Crippen MR) is 104 cm³/mol. The number of furan rings is 1. The first-order chi connectivity index (χ1) is 13.6. The topological polar surface area (TPSA) is 89.8 Å². The van der Waals surface area contributed by atoms with Crippen LogP contribution in [-0.4, -0.2) is 26.0 Å². The molecule has 144 valence electrons. The van der Waals surface area contributed by atoms with E-state index in [1.807, 2.05) is 0 Å². The van der Waals surface area contributed by atoms with Gasteiger partial charge in [-0.25, -0.2) is 0 Å². The van der Waals surface area contributed by atoms with Gasteiger partial charge in [0.25, 0.3) is 11.8 Å². The van der Waals surface area contributed by atoms with Gasteiger partial charge in [0.05, 0.1) is 32.7 Å². The first-order valence-corrected chi connectivity index (χ1v) is 8.54. The maximum absolute atomic E-state index is 12.6. The zero-order chi connectivity index (χ0) is 19.9. The van der Waals surface area contributed by atoms with Gasteiger partial charge in [0.1, 0.15) is 17.3 Å². The molecule has 0 saturated carbocycles. The molecule has 0 fully saturated rings. The highest BCUT2D eigenvalue weighted by Gasteiger charge is 2.13. The molecule has 28 heavy (non-hydrogen) atoms. The summed E-state index contributed by atoms with van der Waals surface area (Å²) < 4.78 is 15.6. The number of ether oxygens (including phenoxy) is 2. The molecule has 2 amide bonds. The van der Waals surface area contributed by atoms with Crippen LogP contribution in [0.2, 0.25) is 0 Å². The van der Waals surface area contributed by atoms with Crippen LogP contribution < -0.4 is 20.1 Å². The first kappa shape index (κ1) is 19.0. The number of methoxy groups -OCH3 is 2. The molecule has 0 unspecified atom stereocenters. The predicted octanol–water partition coefficient (Wildman–Crippen LogP) is 3.48. The van der Waals surface area contributed by atoms with Crippen molar-refractivity contribution in [3.63, 3.8) is 0 Å². The molecule has 0 atom stereocenters. The number of benzene rings is 2. The SMILES string of the molecule is COc1ccc(NC(=O)c2cccc(C(=O)NCc3ccco3)c2)c(OC)c1. The fourth-order valence-electron chi connectivity index (χ4n) is 2.58. The first-order valence-electron chi connectivity index (χ1n) is 8.54. The van der Waals surface area contributed by atoms with Crippen molar-refractivity contribution in [1.82, 2.24) is 5.32 Å². The van der Waals surface area contributed by atoms with Crippen LogP contribution in [0.15, 0.2) is 65.3 Å². The molecule has 0 radical (unpaired) electrons.